The van der Waals surface area contributed by atoms with Crippen molar-refractivity contribution in [3.63, 3.8) is 0 Å². The number of aromatic nitrogens is 1. The molecule has 6 heteroatoms. The van der Waals surface area contributed by atoms with Gasteiger partial charge in [0.15, 0.2) is 0 Å². The van der Waals surface area contributed by atoms with Crippen molar-refractivity contribution in [2.45, 2.75) is 18.4 Å². The Morgan fingerprint density at radius 2 is 1.56 bits per heavy atom. The second kappa shape index (κ2) is 9.06. The van der Waals surface area contributed by atoms with Gasteiger partial charge in [0.05, 0.1) is 7.11 Å². The van der Waals surface area contributed by atoms with Crippen LogP contribution in [0.4, 0.5) is 4.79 Å². The summed E-state index contributed by atoms with van der Waals surface area (Å²) in [6.45, 7) is 0.193. The summed E-state index contributed by atoms with van der Waals surface area (Å²) in [6.07, 6.45) is 1.63. The van der Waals surface area contributed by atoms with Crippen LogP contribution in [-0.4, -0.2) is 48.8 Å². The third-order valence-electron chi connectivity index (χ3n) is 6.65. The van der Waals surface area contributed by atoms with Gasteiger partial charge in [-0.2, -0.15) is 0 Å². The van der Waals surface area contributed by atoms with E-state index in [2.05, 4.69) is 29.2 Å². The first-order valence-corrected chi connectivity index (χ1v) is 11.3. The van der Waals surface area contributed by atoms with E-state index >= 15 is 0 Å². The number of hydrogen-bond donors (Lipinski definition) is 1. The quantitative estimate of drug-likeness (QED) is 0.410. The molecule has 1 aliphatic carbocycles. The van der Waals surface area contributed by atoms with E-state index in [-0.39, 0.29) is 12.5 Å². The Morgan fingerprint density at radius 3 is 2.24 bits per heavy atom. The minimum absolute atomic E-state index is 0.0463. The maximum Gasteiger partial charge on any atom is 0.410 e. The number of H-pyrrole nitrogens is 1. The molecule has 0 bridgehead atoms. The molecule has 172 valence electrons. The Labute approximate surface area is 198 Å². The summed E-state index contributed by atoms with van der Waals surface area (Å²) < 4.78 is 10.8. The number of esters is 1. The number of methoxy groups -OCH3 is 1. The van der Waals surface area contributed by atoms with Gasteiger partial charge in [-0.15, -0.1) is 0 Å². The van der Waals surface area contributed by atoms with Crippen molar-refractivity contribution < 1.29 is 19.1 Å². The molecule has 0 radical (unpaired) electrons. The number of nitrogens with zero attached hydrogens (tertiary/aromatic N) is 1. The lowest BCUT2D eigenvalue weighted by Gasteiger charge is -2.26. The molecule has 4 aromatic rings. The molecule has 1 atom stereocenters. The van der Waals surface area contributed by atoms with E-state index in [0.717, 1.165) is 27.6 Å². The average molecular weight is 455 g/mol. The van der Waals surface area contributed by atoms with Crippen molar-refractivity contribution in [2.75, 3.05) is 20.8 Å². The van der Waals surface area contributed by atoms with Crippen molar-refractivity contribution >= 4 is 23.0 Å². The van der Waals surface area contributed by atoms with Gasteiger partial charge >= 0.3 is 12.1 Å². The highest BCUT2D eigenvalue weighted by Crippen LogP contribution is 2.44. The van der Waals surface area contributed by atoms with Crippen LogP contribution in [0.2, 0.25) is 0 Å². The van der Waals surface area contributed by atoms with Crippen molar-refractivity contribution in [3.05, 3.63) is 95.7 Å². The van der Waals surface area contributed by atoms with E-state index in [9.17, 15) is 9.59 Å². The van der Waals surface area contributed by atoms with Crippen molar-refractivity contribution in [2.24, 2.45) is 0 Å². The molecule has 0 unspecified atom stereocenters. The van der Waals surface area contributed by atoms with Gasteiger partial charge in [-0.05, 0) is 33.9 Å². The first-order chi connectivity index (χ1) is 16.6. The Bertz CT molecular complexity index is 1310. The Balaban J connectivity index is 1.34. The van der Waals surface area contributed by atoms with Crippen LogP contribution in [-0.2, 0) is 20.7 Å². The topological polar surface area (TPSA) is 71.6 Å². The molecule has 1 heterocycles. The molecule has 6 nitrogen and oxygen atoms in total. The zero-order valence-corrected chi connectivity index (χ0v) is 19.2. The van der Waals surface area contributed by atoms with Gasteiger partial charge in [0.25, 0.3) is 0 Å². The predicted octanol–water partition coefficient (Wildman–Crippen LogP) is 5.13. The summed E-state index contributed by atoms with van der Waals surface area (Å²) >= 11 is 0. The lowest BCUT2D eigenvalue weighted by atomic mass is 9.98. The van der Waals surface area contributed by atoms with Gasteiger partial charge in [0.2, 0.25) is 0 Å². The molecule has 1 aliphatic rings. The molecule has 0 aliphatic heterocycles. The summed E-state index contributed by atoms with van der Waals surface area (Å²) in [5, 5.41) is 1.01. The van der Waals surface area contributed by atoms with Crippen LogP contribution in [0.1, 0.15) is 22.6 Å². The van der Waals surface area contributed by atoms with Crippen molar-refractivity contribution in [3.8, 4) is 11.1 Å². The SMILES string of the molecule is COC(=O)[C@H](Cc1c[nH]c2ccccc12)N(C)C(=O)OCC1c2ccccc2-c2ccccc21. The number of aromatic amines is 1. The fourth-order valence-electron chi connectivity index (χ4n) is 4.85. The molecule has 1 amide bonds. The highest BCUT2D eigenvalue weighted by molar-refractivity contribution is 5.86. The maximum absolute atomic E-state index is 13.1. The van der Waals surface area contributed by atoms with Crippen LogP contribution < -0.4 is 0 Å². The van der Waals surface area contributed by atoms with E-state index in [0.29, 0.717) is 6.42 Å². The molecule has 5 rings (SSSR count). The van der Waals surface area contributed by atoms with Crippen molar-refractivity contribution in [1.82, 2.24) is 9.88 Å². The van der Waals surface area contributed by atoms with Crippen LogP contribution in [0, 0.1) is 0 Å². The number of rotatable bonds is 6. The summed E-state index contributed by atoms with van der Waals surface area (Å²) in [4.78, 5) is 30.2. The highest BCUT2D eigenvalue weighted by Gasteiger charge is 2.33. The number of carbonyl (C=O) groups excluding carboxylic acids is 2. The maximum atomic E-state index is 13.1. The smallest absolute Gasteiger partial charge is 0.410 e. The largest absolute Gasteiger partial charge is 0.467 e. The molecule has 0 fully saturated rings. The summed E-state index contributed by atoms with van der Waals surface area (Å²) in [7, 11) is 2.91. The molecule has 34 heavy (non-hydrogen) atoms. The van der Waals surface area contributed by atoms with E-state index in [1.807, 2.05) is 54.7 Å². The standard InChI is InChI=1S/C28H26N2O4/c1-30(26(27(31)33-2)15-18-16-29-25-14-8-7-9-19(18)25)28(32)34-17-24-22-12-5-3-10-20(22)21-11-4-6-13-23(21)24/h3-14,16,24,26,29H,15,17H2,1-2H3/t26-/m0/s1. The number of hydrogen-bond acceptors (Lipinski definition) is 4. The number of benzene rings is 3. The van der Waals surface area contributed by atoms with Gasteiger partial charge in [0.1, 0.15) is 12.6 Å². The summed E-state index contributed by atoms with van der Waals surface area (Å²) in [6, 6.07) is 23.4. The third kappa shape index (κ3) is 3.81. The van der Waals surface area contributed by atoms with Gasteiger partial charge in [-0.1, -0.05) is 66.7 Å². The zero-order chi connectivity index (χ0) is 23.7. The Kier molecular flexibility index (Phi) is 5.80. The fourth-order valence-corrected chi connectivity index (χ4v) is 4.85. The first kappa shape index (κ1) is 21.8. The van der Waals surface area contributed by atoms with Gasteiger partial charge in [-0.3, -0.25) is 4.90 Å². The summed E-state index contributed by atoms with van der Waals surface area (Å²) in [5.74, 6) is -0.531. The Hall–Kier alpha value is -4.06. The Morgan fingerprint density at radius 1 is 0.941 bits per heavy atom. The monoisotopic (exact) mass is 454 g/mol. The number of carbonyl (C=O) groups is 2. The minimum Gasteiger partial charge on any atom is -0.467 e. The first-order valence-electron chi connectivity index (χ1n) is 11.3. The number of fused-ring (bicyclic) bond motifs is 4. The van der Waals surface area contributed by atoms with E-state index in [4.69, 9.17) is 9.47 Å². The van der Waals surface area contributed by atoms with Crippen molar-refractivity contribution in [1.29, 1.82) is 0 Å². The molecular weight excluding hydrogens is 428 g/mol. The highest BCUT2D eigenvalue weighted by atomic mass is 16.6. The lowest BCUT2D eigenvalue weighted by molar-refractivity contribution is -0.145. The average Bonchev–Trinajstić information content (AvgIpc) is 3.44. The number of likely N-dealkylation sites (N-methyl/N-ethyl adjacent to an activating group) is 1. The fraction of sp³-hybridized carbons (Fsp3) is 0.214. The predicted molar refractivity (Wildman–Crippen MR) is 131 cm³/mol. The number of para-hydroxylation sites is 1. The normalized spacial score (nSPS) is 13.2. The second-order valence-electron chi connectivity index (χ2n) is 8.52. The van der Waals surface area contributed by atoms with E-state index in [1.165, 1.54) is 23.1 Å². The molecule has 3 aromatic carbocycles. The molecule has 0 saturated carbocycles. The molecule has 0 spiro atoms. The molecule has 1 N–H and O–H groups in total. The lowest BCUT2D eigenvalue weighted by Crippen LogP contribution is -2.45. The molecule has 1 aromatic heterocycles. The van der Waals surface area contributed by atoms with Gasteiger partial charge in [0, 0.05) is 36.5 Å². The van der Waals surface area contributed by atoms with Crippen LogP contribution >= 0.6 is 0 Å². The number of amides is 1. The van der Waals surface area contributed by atoms with Crippen LogP contribution in [0.3, 0.4) is 0 Å². The molecular formula is C28H26N2O4. The third-order valence-corrected chi connectivity index (χ3v) is 6.65. The van der Waals surface area contributed by atoms with Crippen LogP contribution in [0.25, 0.3) is 22.0 Å². The number of ether oxygens (including phenoxy) is 2. The van der Waals surface area contributed by atoms with Gasteiger partial charge < -0.3 is 14.5 Å². The minimum atomic E-state index is -0.806. The summed E-state index contributed by atoms with van der Waals surface area (Å²) in [5.41, 5.74) is 6.53. The van der Waals surface area contributed by atoms with Crippen LogP contribution in [0.15, 0.2) is 79.0 Å². The second-order valence-corrected chi connectivity index (χ2v) is 8.52. The molecule has 0 saturated heterocycles. The van der Waals surface area contributed by atoms with Gasteiger partial charge in [-0.25, -0.2) is 9.59 Å². The van der Waals surface area contributed by atoms with E-state index in [1.54, 1.807) is 7.05 Å². The van der Waals surface area contributed by atoms with Crippen LogP contribution in [0.5, 0.6) is 0 Å². The zero-order valence-electron chi connectivity index (χ0n) is 19.2. The number of nitrogens with one attached hydrogen (secondary N) is 1. The van der Waals surface area contributed by atoms with E-state index < -0.39 is 18.1 Å².